The fourth-order valence-corrected chi connectivity index (χ4v) is 4.00. The van der Waals surface area contributed by atoms with E-state index in [1.807, 2.05) is 16.3 Å². The zero-order valence-corrected chi connectivity index (χ0v) is 12.2. The summed E-state index contributed by atoms with van der Waals surface area (Å²) in [7, 11) is 1.44. The first-order valence-corrected chi connectivity index (χ1v) is 7.58. The molecule has 1 amide bonds. The van der Waals surface area contributed by atoms with Gasteiger partial charge in [0.15, 0.2) is 11.6 Å². The minimum atomic E-state index is -0.469. The monoisotopic (exact) mass is 304 g/mol. The zero-order chi connectivity index (χ0) is 14.6. The van der Waals surface area contributed by atoms with Crippen molar-refractivity contribution < 1.29 is 13.9 Å². The molecule has 2 aliphatic heterocycles. The molecule has 0 radical (unpaired) electrons. The molecule has 0 bridgehead atoms. The Kier molecular flexibility index (Phi) is 2.68. The van der Waals surface area contributed by atoms with E-state index in [9.17, 15) is 9.18 Å². The van der Waals surface area contributed by atoms with Crippen LogP contribution in [0.4, 0.5) is 15.8 Å². The van der Waals surface area contributed by atoms with E-state index in [-0.39, 0.29) is 17.7 Å². The summed E-state index contributed by atoms with van der Waals surface area (Å²) in [5, 5.41) is 4.83. The van der Waals surface area contributed by atoms with Crippen LogP contribution in [0, 0.1) is 5.82 Å². The van der Waals surface area contributed by atoms with Crippen LogP contribution in [-0.4, -0.2) is 19.6 Å². The summed E-state index contributed by atoms with van der Waals surface area (Å²) in [5.74, 6) is -0.380. The molecule has 1 aromatic heterocycles. The van der Waals surface area contributed by atoms with E-state index in [0.29, 0.717) is 5.69 Å². The lowest BCUT2D eigenvalue weighted by atomic mass is 9.95. The van der Waals surface area contributed by atoms with E-state index in [1.54, 1.807) is 17.4 Å². The van der Waals surface area contributed by atoms with Crippen molar-refractivity contribution in [3.63, 3.8) is 0 Å². The number of halogens is 1. The van der Waals surface area contributed by atoms with Gasteiger partial charge in [-0.15, -0.1) is 11.3 Å². The Labute approximate surface area is 125 Å². The number of methoxy groups -OCH3 is 1. The van der Waals surface area contributed by atoms with Crippen molar-refractivity contribution in [2.45, 2.75) is 12.5 Å². The summed E-state index contributed by atoms with van der Waals surface area (Å²) in [5.41, 5.74) is 2.38. The highest BCUT2D eigenvalue weighted by Crippen LogP contribution is 2.44. The van der Waals surface area contributed by atoms with Crippen LogP contribution in [0.15, 0.2) is 23.6 Å². The number of rotatable bonds is 1. The van der Waals surface area contributed by atoms with Gasteiger partial charge in [-0.3, -0.25) is 4.79 Å². The number of benzene rings is 1. The van der Waals surface area contributed by atoms with Crippen LogP contribution in [-0.2, 0) is 11.2 Å². The SMILES string of the molecule is COc1cc2c(cc1F)NC(=O)C1c3ccsc3CCN21. The van der Waals surface area contributed by atoms with Crippen molar-refractivity contribution in [3.8, 4) is 5.75 Å². The number of nitrogens with one attached hydrogen (secondary N) is 1. The zero-order valence-electron chi connectivity index (χ0n) is 11.4. The summed E-state index contributed by atoms with van der Waals surface area (Å²) < 4.78 is 18.9. The van der Waals surface area contributed by atoms with Gasteiger partial charge in [-0.1, -0.05) is 0 Å². The van der Waals surface area contributed by atoms with Crippen LogP contribution in [0.3, 0.4) is 0 Å². The molecule has 108 valence electrons. The van der Waals surface area contributed by atoms with Gasteiger partial charge < -0.3 is 15.0 Å². The maximum absolute atomic E-state index is 13.8. The van der Waals surface area contributed by atoms with Crippen LogP contribution >= 0.6 is 11.3 Å². The number of hydrogen-bond acceptors (Lipinski definition) is 4. The fourth-order valence-electron chi connectivity index (χ4n) is 3.10. The molecule has 0 saturated carbocycles. The third-order valence-electron chi connectivity index (χ3n) is 4.05. The average molecular weight is 304 g/mol. The Morgan fingerprint density at radius 2 is 2.33 bits per heavy atom. The molecule has 1 atom stereocenters. The number of hydrogen-bond donors (Lipinski definition) is 1. The highest BCUT2D eigenvalue weighted by molar-refractivity contribution is 7.10. The summed E-state index contributed by atoms with van der Waals surface area (Å²) in [6.45, 7) is 0.743. The Morgan fingerprint density at radius 3 is 3.14 bits per heavy atom. The van der Waals surface area contributed by atoms with Gasteiger partial charge in [-0.25, -0.2) is 4.39 Å². The lowest BCUT2D eigenvalue weighted by molar-refractivity contribution is -0.117. The largest absolute Gasteiger partial charge is 0.494 e. The third kappa shape index (κ3) is 1.75. The Hall–Kier alpha value is -2.08. The molecule has 1 aromatic carbocycles. The molecule has 0 spiro atoms. The van der Waals surface area contributed by atoms with Crippen LogP contribution in [0.5, 0.6) is 5.75 Å². The van der Waals surface area contributed by atoms with Gasteiger partial charge in [0.05, 0.1) is 18.5 Å². The minimum Gasteiger partial charge on any atom is -0.494 e. The van der Waals surface area contributed by atoms with Gasteiger partial charge in [0, 0.05) is 23.6 Å². The summed E-state index contributed by atoms with van der Waals surface area (Å²) in [6, 6.07) is 4.66. The second-order valence-corrected chi connectivity index (χ2v) is 6.14. The second kappa shape index (κ2) is 4.46. The average Bonchev–Trinajstić information content (AvgIpc) is 2.94. The standard InChI is InChI=1S/C15H13FN2O2S/c1-20-12-7-11-10(6-9(12)16)17-15(19)14-8-3-5-21-13(8)2-4-18(11)14/h3,5-7,14H,2,4H2,1H3,(H,17,19). The number of thiophene rings is 1. The van der Waals surface area contributed by atoms with Crippen molar-refractivity contribution in [2.24, 2.45) is 0 Å². The van der Waals surface area contributed by atoms with Crippen molar-refractivity contribution in [3.05, 3.63) is 39.8 Å². The molecule has 2 aliphatic rings. The Morgan fingerprint density at radius 1 is 1.48 bits per heavy atom. The van der Waals surface area contributed by atoms with Crippen molar-refractivity contribution in [1.82, 2.24) is 0 Å². The molecule has 0 saturated heterocycles. The summed E-state index contributed by atoms with van der Waals surface area (Å²) in [6.07, 6.45) is 0.899. The van der Waals surface area contributed by atoms with E-state index in [0.717, 1.165) is 24.2 Å². The van der Waals surface area contributed by atoms with E-state index >= 15 is 0 Å². The molecular formula is C15H13FN2O2S. The highest BCUT2D eigenvalue weighted by atomic mass is 32.1. The van der Waals surface area contributed by atoms with E-state index < -0.39 is 5.82 Å². The molecule has 0 fully saturated rings. The minimum absolute atomic E-state index is 0.105. The lowest BCUT2D eigenvalue weighted by Crippen LogP contribution is -2.45. The maximum atomic E-state index is 13.8. The fraction of sp³-hybridized carbons (Fsp3) is 0.267. The normalized spacial score (nSPS) is 19.4. The highest BCUT2D eigenvalue weighted by Gasteiger charge is 2.39. The van der Waals surface area contributed by atoms with E-state index in [1.165, 1.54) is 18.1 Å². The first-order chi connectivity index (χ1) is 10.2. The third-order valence-corrected chi connectivity index (χ3v) is 5.05. The number of fused-ring (bicyclic) bond motifs is 5. The first kappa shape index (κ1) is 12.6. The number of nitrogens with zero attached hydrogens (tertiary/aromatic N) is 1. The second-order valence-electron chi connectivity index (χ2n) is 5.14. The van der Waals surface area contributed by atoms with Crippen LogP contribution in [0.1, 0.15) is 16.5 Å². The molecule has 2 aromatic rings. The van der Waals surface area contributed by atoms with Gasteiger partial charge in [0.2, 0.25) is 0 Å². The van der Waals surface area contributed by atoms with Crippen molar-refractivity contribution in [2.75, 3.05) is 23.9 Å². The van der Waals surface area contributed by atoms with Crippen LogP contribution in [0.25, 0.3) is 0 Å². The molecule has 1 unspecified atom stereocenters. The Balaban J connectivity index is 1.87. The van der Waals surface area contributed by atoms with Gasteiger partial charge in [0.25, 0.3) is 5.91 Å². The summed E-state index contributed by atoms with van der Waals surface area (Å²) >= 11 is 1.68. The Bertz CT molecular complexity index is 743. The molecule has 1 N–H and O–H groups in total. The van der Waals surface area contributed by atoms with Crippen LogP contribution < -0.4 is 15.0 Å². The molecular weight excluding hydrogens is 291 g/mol. The van der Waals surface area contributed by atoms with Crippen molar-refractivity contribution in [1.29, 1.82) is 0 Å². The topological polar surface area (TPSA) is 41.6 Å². The molecule has 6 heteroatoms. The maximum Gasteiger partial charge on any atom is 0.251 e. The van der Waals surface area contributed by atoms with E-state index in [2.05, 4.69) is 5.32 Å². The lowest BCUT2D eigenvalue weighted by Gasteiger charge is -2.41. The van der Waals surface area contributed by atoms with E-state index in [4.69, 9.17) is 4.74 Å². The number of carbonyl (C=O) groups excluding carboxylic acids is 1. The molecule has 3 heterocycles. The number of amides is 1. The van der Waals surface area contributed by atoms with Gasteiger partial charge >= 0.3 is 0 Å². The van der Waals surface area contributed by atoms with Gasteiger partial charge in [-0.05, 0) is 23.4 Å². The van der Waals surface area contributed by atoms with Crippen molar-refractivity contribution >= 4 is 28.6 Å². The smallest absolute Gasteiger partial charge is 0.251 e. The molecule has 0 aliphatic carbocycles. The predicted octanol–water partition coefficient (Wildman–Crippen LogP) is 2.95. The predicted molar refractivity (Wildman–Crippen MR) is 79.7 cm³/mol. The first-order valence-electron chi connectivity index (χ1n) is 6.70. The number of carbonyl (C=O) groups is 1. The number of anilines is 2. The molecule has 4 nitrogen and oxygen atoms in total. The van der Waals surface area contributed by atoms with Gasteiger partial charge in [-0.2, -0.15) is 0 Å². The van der Waals surface area contributed by atoms with Crippen LogP contribution in [0.2, 0.25) is 0 Å². The number of ether oxygens (including phenoxy) is 1. The quantitative estimate of drug-likeness (QED) is 0.880. The molecule has 4 rings (SSSR count). The summed E-state index contributed by atoms with van der Waals surface area (Å²) in [4.78, 5) is 15.7. The van der Waals surface area contributed by atoms with Gasteiger partial charge in [0.1, 0.15) is 6.04 Å². The molecule has 21 heavy (non-hydrogen) atoms.